The Kier molecular flexibility index (Phi) is 4.64. The van der Waals surface area contributed by atoms with Crippen LogP contribution in [0.4, 0.5) is 5.95 Å². The van der Waals surface area contributed by atoms with Gasteiger partial charge in [0.2, 0.25) is 5.95 Å². The number of aryl methyl sites for hydroxylation is 1. The Morgan fingerprint density at radius 1 is 1.50 bits per heavy atom. The lowest BCUT2D eigenvalue weighted by Gasteiger charge is -2.17. The van der Waals surface area contributed by atoms with Crippen molar-refractivity contribution in [3.05, 3.63) is 11.9 Å². The average molecular weight is 251 g/mol. The van der Waals surface area contributed by atoms with E-state index in [1.54, 1.807) is 0 Å². The number of rotatable bonds is 6. The van der Waals surface area contributed by atoms with Crippen molar-refractivity contribution in [3.63, 3.8) is 0 Å². The van der Waals surface area contributed by atoms with E-state index in [1.807, 2.05) is 6.92 Å². The van der Waals surface area contributed by atoms with Gasteiger partial charge in [0, 0.05) is 25.4 Å². The van der Waals surface area contributed by atoms with Gasteiger partial charge in [0.25, 0.3) is 0 Å². The topological polar surface area (TPSA) is 39.1 Å². The zero-order chi connectivity index (χ0) is 13.0. The van der Waals surface area contributed by atoms with Crippen molar-refractivity contribution >= 4 is 5.95 Å². The van der Waals surface area contributed by atoms with Gasteiger partial charge < -0.3 is 14.6 Å². The summed E-state index contributed by atoms with van der Waals surface area (Å²) in [7, 11) is 0. The summed E-state index contributed by atoms with van der Waals surface area (Å²) in [4.78, 5) is 4.58. The summed E-state index contributed by atoms with van der Waals surface area (Å²) < 4.78 is 7.86. The zero-order valence-electron chi connectivity index (χ0n) is 11.8. The van der Waals surface area contributed by atoms with Crippen LogP contribution in [0.3, 0.4) is 0 Å². The van der Waals surface area contributed by atoms with Crippen molar-refractivity contribution in [1.29, 1.82) is 0 Å². The molecule has 1 aromatic rings. The van der Waals surface area contributed by atoms with Gasteiger partial charge in [-0.1, -0.05) is 12.8 Å². The summed E-state index contributed by atoms with van der Waals surface area (Å²) in [5.74, 6) is 1.01. The number of nitrogens with zero attached hydrogens (tertiary/aromatic N) is 2. The highest BCUT2D eigenvalue weighted by Gasteiger charge is 2.20. The van der Waals surface area contributed by atoms with Crippen molar-refractivity contribution in [2.45, 2.75) is 58.6 Å². The number of hydrogen-bond donors (Lipinski definition) is 1. The van der Waals surface area contributed by atoms with Gasteiger partial charge >= 0.3 is 0 Å². The summed E-state index contributed by atoms with van der Waals surface area (Å²) in [6.45, 7) is 7.75. The maximum atomic E-state index is 5.54. The Morgan fingerprint density at radius 2 is 2.22 bits per heavy atom. The lowest BCUT2D eigenvalue weighted by Crippen LogP contribution is -2.22. The lowest BCUT2D eigenvalue weighted by molar-refractivity contribution is 0.0853. The maximum absolute atomic E-state index is 5.54. The minimum absolute atomic E-state index is 0.226. The second-order valence-electron chi connectivity index (χ2n) is 5.20. The molecule has 0 amide bonds. The first-order valence-corrected chi connectivity index (χ1v) is 7.11. The quantitative estimate of drug-likeness (QED) is 0.844. The van der Waals surface area contributed by atoms with Crippen LogP contribution in [-0.2, 0) is 4.74 Å². The Labute approximate surface area is 110 Å². The number of imidazole rings is 1. The van der Waals surface area contributed by atoms with E-state index in [2.05, 4.69) is 34.9 Å². The normalized spacial score (nSPS) is 18.2. The molecule has 1 heterocycles. The maximum Gasteiger partial charge on any atom is 0.203 e. The van der Waals surface area contributed by atoms with Gasteiger partial charge in [-0.05, 0) is 33.6 Å². The number of hydrogen-bond acceptors (Lipinski definition) is 3. The van der Waals surface area contributed by atoms with Gasteiger partial charge in [-0.3, -0.25) is 0 Å². The molecule has 1 N–H and O–H groups in total. The highest BCUT2D eigenvalue weighted by molar-refractivity contribution is 5.30. The van der Waals surface area contributed by atoms with Crippen LogP contribution in [0, 0.1) is 6.92 Å². The molecule has 1 fully saturated rings. The molecule has 102 valence electrons. The molecule has 0 aliphatic heterocycles. The molecule has 2 rings (SSSR count). The van der Waals surface area contributed by atoms with E-state index in [0.29, 0.717) is 6.04 Å². The molecule has 1 saturated carbocycles. The third kappa shape index (κ3) is 3.25. The molecule has 0 radical (unpaired) electrons. The monoisotopic (exact) mass is 251 g/mol. The molecule has 4 heteroatoms. The molecule has 1 atom stereocenters. The number of ether oxygens (including phenoxy) is 1. The van der Waals surface area contributed by atoms with Gasteiger partial charge in [-0.15, -0.1) is 0 Å². The van der Waals surface area contributed by atoms with Gasteiger partial charge in [-0.2, -0.15) is 0 Å². The number of aromatic nitrogens is 2. The molecule has 1 aliphatic rings. The standard InChI is InChI=1S/C14H25N3O/c1-4-18-12(3)9-15-14-16-11(2)10-17(14)13-7-5-6-8-13/h10,12-13H,4-9H2,1-3H3,(H,15,16). The van der Waals surface area contributed by atoms with E-state index in [9.17, 15) is 0 Å². The average Bonchev–Trinajstić information content (AvgIpc) is 2.95. The first kappa shape index (κ1) is 13.4. The van der Waals surface area contributed by atoms with Crippen molar-refractivity contribution in [2.75, 3.05) is 18.5 Å². The minimum Gasteiger partial charge on any atom is -0.377 e. The van der Waals surface area contributed by atoms with Gasteiger partial charge in [0.05, 0.1) is 11.8 Å². The largest absolute Gasteiger partial charge is 0.377 e. The second kappa shape index (κ2) is 6.23. The van der Waals surface area contributed by atoms with E-state index >= 15 is 0 Å². The van der Waals surface area contributed by atoms with E-state index in [-0.39, 0.29) is 6.10 Å². The molecule has 1 aliphatic carbocycles. The molecule has 1 unspecified atom stereocenters. The molecular formula is C14H25N3O. The second-order valence-corrected chi connectivity index (χ2v) is 5.20. The van der Waals surface area contributed by atoms with Crippen LogP contribution in [0.2, 0.25) is 0 Å². The molecule has 1 aromatic heterocycles. The zero-order valence-corrected chi connectivity index (χ0v) is 11.8. The highest BCUT2D eigenvalue weighted by atomic mass is 16.5. The number of nitrogens with one attached hydrogen (secondary N) is 1. The van der Waals surface area contributed by atoms with Crippen molar-refractivity contribution in [2.24, 2.45) is 0 Å². The Morgan fingerprint density at radius 3 is 2.89 bits per heavy atom. The fourth-order valence-electron chi connectivity index (χ4n) is 2.69. The highest BCUT2D eigenvalue weighted by Crippen LogP contribution is 2.32. The van der Waals surface area contributed by atoms with E-state index < -0.39 is 0 Å². The van der Waals surface area contributed by atoms with Crippen LogP contribution in [0.5, 0.6) is 0 Å². The summed E-state index contributed by atoms with van der Waals surface area (Å²) in [6, 6.07) is 0.635. The third-order valence-corrected chi connectivity index (χ3v) is 3.57. The van der Waals surface area contributed by atoms with E-state index in [0.717, 1.165) is 24.8 Å². The van der Waals surface area contributed by atoms with Crippen LogP contribution in [0.15, 0.2) is 6.20 Å². The van der Waals surface area contributed by atoms with Crippen molar-refractivity contribution in [1.82, 2.24) is 9.55 Å². The van der Waals surface area contributed by atoms with Crippen LogP contribution in [-0.4, -0.2) is 28.8 Å². The molecule has 0 bridgehead atoms. The lowest BCUT2D eigenvalue weighted by atomic mass is 10.2. The molecule has 18 heavy (non-hydrogen) atoms. The SMILES string of the molecule is CCOC(C)CNc1nc(C)cn1C1CCCC1. The molecule has 0 aromatic carbocycles. The van der Waals surface area contributed by atoms with Crippen LogP contribution in [0.1, 0.15) is 51.3 Å². The minimum atomic E-state index is 0.226. The smallest absolute Gasteiger partial charge is 0.203 e. The fourth-order valence-corrected chi connectivity index (χ4v) is 2.69. The molecule has 0 saturated heterocycles. The summed E-state index contributed by atoms with van der Waals surface area (Å²) >= 11 is 0. The predicted molar refractivity (Wildman–Crippen MR) is 74.0 cm³/mol. The fraction of sp³-hybridized carbons (Fsp3) is 0.786. The predicted octanol–water partition coefficient (Wildman–Crippen LogP) is 3.14. The summed E-state index contributed by atoms with van der Waals surface area (Å²) in [5.41, 5.74) is 1.09. The molecule has 0 spiro atoms. The van der Waals surface area contributed by atoms with Crippen molar-refractivity contribution in [3.8, 4) is 0 Å². The van der Waals surface area contributed by atoms with Crippen LogP contribution < -0.4 is 5.32 Å². The van der Waals surface area contributed by atoms with Gasteiger partial charge in [0.15, 0.2) is 0 Å². The summed E-state index contributed by atoms with van der Waals surface area (Å²) in [6.07, 6.45) is 7.65. The van der Waals surface area contributed by atoms with Crippen LogP contribution in [0.25, 0.3) is 0 Å². The van der Waals surface area contributed by atoms with Crippen molar-refractivity contribution < 1.29 is 4.74 Å². The van der Waals surface area contributed by atoms with Gasteiger partial charge in [0.1, 0.15) is 0 Å². The Bertz CT molecular complexity index is 369. The van der Waals surface area contributed by atoms with Crippen LogP contribution >= 0.6 is 0 Å². The number of anilines is 1. The first-order chi connectivity index (χ1) is 8.70. The molecular weight excluding hydrogens is 226 g/mol. The Balaban J connectivity index is 1.98. The third-order valence-electron chi connectivity index (χ3n) is 3.57. The first-order valence-electron chi connectivity index (χ1n) is 7.11. The van der Waals surface area contributed by atoms with E-state index in [1.165, 1.54) is 25.7 Å². The van der Waals surface area contributed by atoms with E-state index in [4.69, 9.17) is 4.74 Å². The summed E-state index contributed by atoms with van der Waals surface area (Å²) in [5, 5.41) is 3.42. The Hall–Kier alpha value is -1.03. The molecule has 4 nitrogen and oxygen atoms in total. The van der Waals surface area contributed by atoms with Gasteiger partial charge in [-0.25, -0.2) is 4.98 Å².